The number of hydrogen-bond donors (Lipinski definition) is 0. The second-order valence-corrected chi connectivity index (χ2v) is 32.2. The maximum Gasteiger partial charge on any atom is 0.165 e. The standard InChI is InChI=1S/C63H39N5S.C45H28N4S/c1-5-17-40(18-6-1)45-29-32-49-52-36-44(43-30-33-56-51(35-43)48-25-13-15-27-55(48)67(56)46-23-11-4-12-24-46)31-34-57(52)68(58(49)37-45)47-38-53-50-26-14-16-28-59(50)69-60(53)54(39-47)63-65-61(41-19-7-2-8-20-41)64-62(66-63)42-21-9-3-10-22-42;1-4-14-29(15-5-1)43-46-44(30-16-6-2-7-17-30)48-45(47-43)38-27-32(26-37-36-21-11-13-23-41(36)50-42(37)38)31-24-25-35-34-20-10-12-22-39(34)49(40(35)28-31)33-18-8-3-9-19-33/h1-39H;1-28H. The van der Waals surface area contributed by atoms with Gasteiger partial charge >= 0.3 is 0 Å². The third-order valence-electron chi connectivity index (χ3n) is 23.0. The fourth-order valence-corrected chi connectivity index (χ4v) is 19.8. The number of aromatic nitrogens is 9. The lowest BCUT2D eigenvalue weighted by molar-refractivity contribution is 1.07. The first-order chi connectivity index (χ1) is 59.0. The highest BCUT2D eigenvalue weighted by Crippen LogP contribution is 2.48. The van der Waals surface area contributed by atoms with Gasteiger partial charge < -0.3 is 13.7 Å². The van der Waals surface area contributed by atoms with Crippen molar-refractivity contribution < 1.29 is 0 Å². The highest BCUT2D eigenvalue weighted by Gasteiger charge is 2.25. The number of fused-ring (bicyclic) bond motifs is 15. The highest BCUT2D eigenvalue weighted by molar-refractivity contribution is 7.26. The molecule has 17 aromatic carbocycles. The zero-order valence-corrected chi connectivity index (χ0v) is 65.7. The second-order valence-electron chi connectivity index (χ2n) is 30.0. The molecule has 556 valence electrons. The third-order valence-corrected chi connectivity index (χ3v) is 25.4. The molecule has 24 aromatic rings. The van der Waals surface area contributed by atoms with E-state index in [9.17, 15) is 0 Å². The van der Waals surface area contributed by atoms with E-state index in [0.29, 0.717) is 34.9 Å². The van der Waals surface area contributed by atoms with Crippen molar-refractivity contribution in [2.45, 2.75) is 0 Å². The Balaban J connectivity index is 0.000000147. The molecule has 0 saturated carbocycles. The molecule has 119 heavy (non-hydrogen) atoms. The van der Waals surface area contributed by atoms with Gasteiger partial charge in [-0.3, -0.25) is 0 Å². The van der Waals surface area contributed by atoms with Crippen molar-refractivity contribution >= 4 is 128 Å². The van der Waals surface area contributed by atoms with Crippen LogP contribution in [0.2, 0.25) is 0 Å². The van der Waals surface area contributed by atoms with E-state index in [-0.39, 0.29) is 0 Å². The lowest BCUT2D eigenvalue weighted by Crippen LogP contribution is -2.01. The predicted octanol–water partition coefficient (Wildman–Crippen LogP) is 28.8. The molecule has 24 rings (SSSR count). The van der Waals surface area contributed by atoms with E-state index < -0.39 is 0 Å². The van der Waals surface area contributed by atoms with Crippen molar-refractivity contribution in [3.63, 3.8) is 0 Å². The number of hydrogen-bond acceptors (Lipinski definition) is 8. The normalized spacial score (nSPS) is 11.7. The number of para-hydroxylation sites is 4. The fourth-order valence-electron chi connectivity index (χ4n) is 17.4. The van der Waals surface area contributed by atoms with Crippen LogP contribution in [-0.4, -0.2) is 43.6 Å². The van der Waals surface area contributed by atoms with Gasteiger partial charge in [-0.2, -0.15) is 0 Å². The number of rotatable bonds is 12. The third kappa shape index (κ3) is 12.1. The van der Waals surface area contributed by atoms with Gasteiger partial charge in [0.2, 0.25) is 0 Å². The Morgan fingerprint density at radius 3 is 0.908 bits per heavy atom. The summed E-state index contributed by atoms with van der Waals surface area (Å²) in [6.45, 7) is 0. The van der Waals surface area contributed by atoms with Crippen molar-refractivity contribution in [3.8, 4) is 119 Å². The lowest BCUT2D eigenvalue weighted by atomic mass is 9.98. The Morgan fingerprint density at radius 2 is 0.454 bits per heavy atom. The van der Waals surface area contributed by atoms with E-state index in [0.717, 1.165) is 82.9 Å². The maximum atomic E-state index is 5.30. The van der Waals surface area contributed by atoms with Gasteiger partial charge in [0.1, 0.15) is 0 Å². The minimum absolute atomic E-state index is 0.637. The molecular weight excluding hydrogens is 1490 g/mol. The van der Waals surface area contributed by atoms with Crippen LogP contribution in [0.4, 0.5) is 0 Å². The molecular formula is C108H67N9S2. The summed E-state index contributed by atoms with van der Waals surface area (Å²) >= 11 is 3.58. The van der Waals surface area contributed by atoms with Gasteiger partial charge in [-0.15, -0.1) is 22.7 Å². The fraction of sp³-hybridized carbons (Fsp3) is 0. The van der Waals surface area contributed by atoms with Crippen LogP contribution >= 0.6 is 22.7 Å². The Morgan fingerprint density at radius 1 is 0.160 bits per heavy atom. The summed E-state index contributed by atoms with van der Waals surface area (Å²) in [7, 11) is 0. The first-order valence-corrected chi connectivity index (χ1v) is 41.6. The van der Waals surface area contributed by atoms with E-state index in [1.807, 2.05) is 72.8 Å². The largest absolute Gasteiger partial charge is 0.309 e. The topological polar surface area (TPSA) is 92.1 Å². The molecule has 0 saturated heterocycles. The smallest absolute Gasteiger partial charge is 0.165 e. The molecule has 0 amide bonds. The van der Waals surface area contributed by atoms with Gasteiger partial charge in [-0.1, -0.05) is 297 Å². The number of benzene rings is 17. The van der Waals surface area contributed by atoms with Crippen LogP contribution in [0.3, 0.4) is 0 Å². The summed E-state index contributed by atoms with van der Waals surface area (Å²) in [5, 5.41) is 12.1. The molecule has 0 atom stereocenters. The Bertz CT molecular complexity index is 7960. The molecule has 11 heteroatoms. The van der Waals surface area contributed by atoms with E-state index in [1.54, 1.807) is 22.7 Å². The quantitative estimate of drug-likeness (QED) is 0.121. The summed E-state index contributed by atoms with van der Waals surface area (Å²) in [5.41, 5.74) is 23.0. The van der Waals surface area contributed by atoms with E-state index in [2.05, 4.69) is 347 Å². The van der Waals surface area contributed by atoms with Crippen molar-refractivity contribution in [3.05, 3.63) is 406 Å². The molecule has 7 aromatic heterocycles. The van der Waals surface area contributed by atoms with Crippen LogP contribution in [0.5, 0.6) is 0 Å². The van der Waals surface area contributed by atoms with Crippen LogP contribution in [0.25, 0.3) is 225 Å². The van der Waals surface area contributed by atoms with Crippen LogP contribution < -0.4 is 0 Å². The van der Waals surface area contributed by atoms with Gasteiger partial charge in [-0.25, -0.2) is 29.9 Å². The van der Waals surface area contributed by atoms with Gasteiger partial charge in [-0.05, 0) is 143 Å². The molecule has 0 aliphatic rings. The summed E-state index contributed by atoms with van der Waals surface area (Å²) in [6.07, 6.45) is 0. The van der Waals surface area contributed by atoms with E-state index >= 15 is 0 Å². The minimum Gasteiger partial charge on any atom is -0.309 e. The van der Waals surface area contributed by atoms with Crippen LogP contribution in [0, 0.1) is 0 Å². The first-order valence-electron chi connectivity index (χ1n) is 40.0. The molecule has 0 bridgehead atoms. The lowest BCUT2D eigenvalue weighted by Gasteiger charge is -2.14. The van der Waals surface area contributed by atoms with Crippen molar-refractivity contribution in [2.24, 2.45) is 0 Å². The van der Waals surface area contributed by atoms with Gasteiger partial charge in [0.15, 0.2) is 34.9 Å². The predicted molar refractivity (Wildman–Crippen MR) is 497 cm³/mol. The zero-order valence-electron chi connectivity index (χ0n) is 64.0. The highest BCUT2D eigenvalue weighted by atomic mass is 32.1. The Labute approximate surface area is 692 Å². The first kappa shape index (κ1) is 69.1. The molecule has 0 fully saturated rings. The molecule has 9 nitrogen and oxygen atoms in total. The zero-order chi connectivity index (χ0) is 78.4. The molecule has 0 unspecified atom stereocenters. The van der Waals surface area contributed by atoms with Crippen LogP contribution in [0.15, 0.2) is 406 Å². The second kappa shape index (κ2) is 28.8. The van der Waals surface area contributed by atoms with Gasteiger partial charge in [0.05, 0.1) is 33.1 Å². The minimum atomic E-state index is 0.637. The van der Waals surface area contributed by atoms with Gasteiger partial charge in [0.25, 0.3) is 0 Å². The monoisotopic (exact) mass is 1550 g/mol. The average Bonchev–Trinajstić information content (AvgIpc) is 1.58. The molecule has 7 heterocycles. The average molecular weight is 1550 g/mol. The number of nitrogens with zero attached hydrogens (tertiary/aromatic N) is 9. The summed E-state index contributed by atoms with van der Waals surface area (Å²) in [4.78, 5) is 31.0. The Hall–Kier alpha value is -15.4. The molecule has 0 spiro atoms. The van der Waals surface area contributed by atoms with Gasteiger partial charge in [0, 0.05) is 123 Å². The van der Waals surface area contributed by atoms with Crippen LogP contribution in [-0.2, 0) is 0 Å². The van der Waals surface area contributed by atoms with Crippen molar-refractivity contribution in [1.29, 1.82) is 0 Å². The summed E-state index contributed by atoms with van der Waals surface area (Å²) in [5.74, 6) is 3.89. The van der Waals surface area contributed by atoms with E-state index in [4.69, 9.17) is 29.9 Å². The molecule has 0 N–H and O–H groups in total. The van der Waals surface area contributed by atoms with E-state index in [1.165, 1.54) is 107 Å². The Kier molecular flexibility index (Phi) is 16.8. The van der Waals surface area contributed by atoms with Crippen molar-refractivity contribution in [2.75, 3.05) is 0 Å². The molecule has 0 aliphatic heterocycles. The SMILES string of the molecule is c1ccc(-c2ccc3c4cc(-c5ccc6c(c5)c5ccccc5n6-c5ccccc5)ccc4n(-c4cc(-c5nc(-c6ccccc6)nc(-c6ccccc6)n5)c5sc6ccccc6c5c4)c3c2)cc1.c1ccc(-c2nc(-c3ccccc3)nc(-c3cc(-c4ccc5c6ccccc6n(-c6ccccc6)c5c4)cc4c3sc3ccccc34)n2)cc1. The summed E-state index contributed by atoms with van der Waals surface area (Å²) in [6, 6.07) is 144. The number of thiophene rings is 2. The van der Waals surface area contributed by atoms with Crippen molar-refractivity contribution in [1.82, 2.24) is 43.6 Å². The van der Waals surface area contributed by atoms with Crippen LogP contribution in [0.1, 0.15) is 0 Å². The molecule has 0 aliphatic carbocycles. The molecule has 0 radical (unpaired) electrons. The maximum absolute atomic E-state index is 5.30. The summed E-state index contributed by atoms with van der Waals surface area (Å²) < 4.78 is 12.0.